The monoisotopic (exact) mass is 376 g/mol. The minimum atomic E-state index is 0.393. The molecule has 122 valence electrons. The van der Waals surface area contributed by atoms with Gasteiger partial charge in [-0.3, -0.25) is 4.68 Å². The Balaban J connectivity index is 1.62. The van der Waals surface area contributed by atoms with Gasteiger partial charge in [-0.2, -0.15) is 5.10 Å². The van der Waals surface area contributed by atoms with E-state index in [4.69, 9.17) is 35.4 Å². The molecular formula is C17H14Cl2N4S. The molecule has 7 heteroatoms. The van der Waals surface area contributed by atoms with Crippen molar-refractivity contribution in [3.8, 4) is 0 Å². The first-order chi connectivity index (χ1) is 11.6. The Morgan fingerprint density at radius 2 is 1.83 bits per heavy atom. The second kappa shape index (κ2) is 7.66. The predicted molar refractivity (Wildman–Crippen MR) is 104 cm³/mol. The molecule has 0 atom stereocenters. The number of hydrogen-bond donors (Lipinski definition) is 2. The van der Waals surface area contributed by atoms with Gasteiger partial charge in [0.25, 0.3) is 0 Å². The zero-order chi connectivity index (χ0) is 16.9. The molecule has 0 amide bonds. The topological polar surface area (TPSA) is 41.9 Å². The van der Waals surface area contributed by atoms with Crippen LogP contribution in [0.15, 0.2) is 60.8 Å². The molecule has 2 N–H and O–H groups in total. The second-order valence-corrected chi connectivity index (χ2v) is 6.34. The predicted octanol–water partition coefficient (Wildman–Crippen LogP) is 5.05. The molecule has 0 spiro atoms. The molecule has 1 aromatic heterocycles. The molecule has 0 radical (unpaired) electrons. The lowest BCUT2D eigenvalue weighted by Crippen LogP contribution is -2.19. The number of benzene rings is 2. The minimum absolute atomic E-state index is 0.393. The van der Waals surface area contributed by atoms with Crippen LogP contribution in [0.5, 0.6) is 0 Å². The van der Waals surface area contributed by atoms with Crippen LogP contribution in [0, 0.1) is 0 Å². The van der Waals surface area contributed by atoms with E-state index < -0.39 is 0 Å². The molecule has 3 rings (SSSR count). The van der Waals surface area contributed by atoms with Gasteiger partial charge in [-0.25, -0.2) is 0 Å². The Labute approximate surface area is 155 Å². The van der Waals surface area contributed by atoms with Crippen LogP contribution in [0.4, 0.5) is 11.5 Å². The summed E-state index contributed by atoms with van der Waals surface area (Å²) in [7, 11) is 0. The molecule has 0 saturated heterocycles. The first-order valence-corrected chi connectivity index (χ1v) is 8.37. The summed E-state index contributed by atoms with van der Waals surface area (Å²) in [6, 6.07) is 17.1. The van der Waals surface area contributed by atoms with Crippen LogP contribution in [0.1, 0.15) is 5.56 Å². The van der Waals surface area contributed by atoms with E-state index in [0.29, 0.717) is 33.2 Å². The molecule has 2 aromatic carbocycles. The smallest absolute Gasteiger partial charge is 0.176 e. The summed E-state index contributed by atoms with van der Waals surface area (Å²) in [5.74, 6) is 0.654. The third-order valence-corrected chi connectivity index (χ3v) is 4.02. The number of hydrogen-bond acceptors (Lipinski definition) is 2. The van der Waals surface area contributed by atoms with Gasteiger partial charge in [0, 0.05) is 17.3 Å². The fourth-order valence-electron chi connectivity index (χ4n) is 2.15. The van der Waals surface area contributed by atoms with Gasteiger partial charge in [-0.1, -0.05) is 53.5 Å². The molecule has 0 aliphatic heterocycles. The van der Waals surface area contributed by atoms with Gasteiger partial charge in [0.15, 0.2) is 10.9 Å². The highest BCUT2D eigenvalue weighted by Crippen LogP contribution is 2.25. The first-order valence-electron chi connectivity index (χ1n) is 7.20. The highest BCUT2D eigenvalue weighted by molar-refractivity contribution is 7.80. The van der Waals surface area contributed by atoms with Gasteiger partial charge in [-0.05, 0) is 36.0 Å². The summed E-state index contributed by atoms with van der Waals surface area (Å²) in [6.07, 6.45) is 1.89. The van der Waals surface area contributed by atoms with Crippen LogP contribution in [0.2, 0.25) is 10.0 Å². The van der Waals surface area contributed by atoms with Crippen molar-refractivity contribution in [3.05, 3.63) is 76.4 Å². The van der Waals surface area contributed by atoms with Crippen molar-refractivity contribution < 1.29 is 0 Å². The SMILES string of the molecule is S=C(Nc1ccn(Cc2ccccc2)n1)Nc1cc(Cl)ccc1Cl. The van der Waals surface area contributed by atoms with E-state index in [1.807, 2.05) is 35.1 Å². The summed E-state index contributed by atoms with van der Waals surface area (Å²) >= 11 is 17.4. The van der Waals surface area contributed by atoms with Crippen molar-refractivity contribution >= 4 is 52.0 Å². The van der Waals surface area contributed by atoms with Crippen molar-refractivity contribution in [1.29, 1.82) is 0 Å². The maximum Gasteiger partial charge on any atom is 0.176 e. The van der Waals surface area contributed by atoms with Gasteiger partial charge in [0.2, 0.25) is 0 Å². The molecule has 0 aliphatic rings. The maximum absolute atomic E-state index is 6.11. The Kier molecular flexibility index (Phi) is 5.35. The average Bonchev–Trinajstić information content (AvgIpc) is 2.98. The number of thiocarbonyl (C=S) groups is 1. The molecule has 0 unspecified atom stereocenters. The number of halogens is 2. The van der Waals surface area contributed by atoms with Crippen LogP contribution in [-0.2, 0) is 6.54 Å². The average molecular weight is 377 g/mol. The molecule has 0 aliphatic carbocycles. The zero-order valence-corrected chi connectivity index (χ0v) is 14.9. The van der Waals surface area contributed by atoms with Crippen LogP contribution >= 0.6 is 35.4 Å². The van der Waals surface area contributed by atoms with Crippen LogP contribution in [-0.4, -0.2) is 14.9 Å². The van der Waals surface area contributed by atoms with Crippen molar-refractivity contribution in [2.24, 2.45) is 0 Å². The number of anilines is 2. The summed E-state index contributed by atoms with van der Waals surface area (Å²) in [5.41, 5.74) is 1.82. The largest absolute Gasteiger partial charge is 0.331 e. The van der Waals surface area contributed by atoms with E-state index in [1.54, 1.807) is 18.2 Å². The lowest BCUT2D eigenvalue weighted by molar-refractivity contribution is 0.690. The van der Waals surface area contributed by atoms with E-state index in [1.165, 1.54) is 5.56 Å². The van der Waals surface area contributed by atoms with Crippen LogP contribution in [0.3, 0.4) is 0 Å². The van der Waals surface area contributed by atoms with E-state index in [9.17, 15) is 0 Å². The molecule has 0 saturated carbocycles. The van der Waals surface area contributed by atoms with Crippen LogP contribution in [0.25, 0.3) is 0 Å². The summed E-state index contributed by atoms with van der Waals surface area (Å²) < 4.78 is 1.84. The summed E-state index contributed by atoms with van der Waals surface area (Å²) in [6.45, 7) is 0.697. The normalized spacial score (nSPS) is 10.4. The first kappa shape index (κ1) is 16.8. The molecule has 1 heterocycles. The maximum atomic E-state index is 6.11. The van der Waals surface area contributed by atoms with Gasteiger partial charge in [0.1, 0.15) is 0 Å². The molecule has 0 fully saturated rings. The third kappa shape index (κ3) is 4.47. The quantitative estimate of drug-likeness (QED) is 0.625. The molecule has 4 nitrogen and oxygen atoms in total. The molecule has 0 bridgehead atoms. The van der Waals surface area contributed by atoms with Gasteiger partial charge in [-0.15, -0.1) is 0 Å². The van der Waals surface area contributed by atoms with Gasteiger partial charge >= 0.3 is 0 Å². The van der Waals surface area contributed by atoms with Crippen molar-refractivity contribution in [3.63, 3.8) is 0 Å². The molecule has 24 heavy (non-hydrogen) atoms. The molecule has 3 aromatic rings. The van der Waals surface area contributed by atoms with Crippen molar-refractivity contribution in [2.75, 3.05) is 10.6 Å². The fourth-order valence-corrected chi connectivity index (χ4v) is 2.70. The third-order valence-electron chi connectivity index (χ3n) is 3.25. The standard InChI is InChI=1S/C17H14Cl2N4S/c18-13-6-7-14(19)15(10-13)20-17(24)21-16-8-9-23(22-16)11-12-4-2-1-3-5-12/h1-10H,11H2,(H2,20,21,22,24). The van der Waals surface area contributed by atoms with Crippen molar-refractivity contribution in [2.45, 2.75) is 6.54 Å². The van der Waals surface area contributed by atoms with Crippen molar-refractivity contribution in [1.82, 2.24) is 9.78 Å². The Morgan fingerprint density at radius 3 is 2.62 bits per heavy atom. The summed E-state index contributed by atoms with van der Waals surface area (Å²) in [5, 5.41) is 12.0. The van der Waals surface area contributed by atoms with E-state index >= 15 is 0 Å². The van der Waals surface area contributed by atoms with Crippen LogP contribution < -0.4 is 10.6 Å². The summed E-state index contributed by atoms with van der Waals surface area (Å²) in [4.78, 5) is 0. The van der Waals surface area contributed by atoms with E-state index in [0.717, 1.165) is 0 Å². The number of aromatic nitrogens is 2. The highest BCUT2D eigenvalue weighted by Gasteiger charge is 2.06. The number of nitrogens with zero attached hydrogens (tertiary/aromatic N) is 2. The number of rotatable bonds is 4. The second-order valence-electron chi connectivity index (χ2n) is 5.09. The lowest BCUT2D eigenvalue weighted by Gasteiger charge is -2.10. The lowest BCUT2D eigenvalue weighted by atomic mass is 10.2. The van der Waals surface area contributed by atoms with Gasteiger partial charge < -0.3 is 10.6 Å². The van der Waals surface area contributed by atoms with E-state index in [-0.39, 0.29) is 0 Å². The molecular weight excluding hydrogens is 363 g/mol. The Hall–Kier alpha value is -2.08. The Bertz CT molecular complexity index is 849. The highest BCUT2D eigenvalue weighted by atomic mass is 35.5. The fraction of sp³-hybridized carbons (Fsp3) is 0.0588. The van der Waals surface area contributed by atoms with E-state index in [2.05, 4.69) is 27.9 Å². The number of nitrogens with one attached hydrogen (secondary N) is 2. The minimum Gasteiger partial charge on any atom is -0.331 e. The van der Waals surface area contributed by atoms with Gasteiger partial charge in [0.05, 0.1) is 17.3 Å². The Morgan fingerprint density at radius 1 is 1.04 bits per heavy atom. The zero-order valence-electron chi connectivity index (χ0n) is 12.5.